The largest absolute Gasteiger partial charge is 0.297 e. The SMILES string of the molecule is CCCC(CC)C(=O)c1cnc2ccccn12. The molecule has 0 fully saturated rings. The van der Waals surface area contributed by atoms with Crippen molar-refractivity contribution in [2.24, 2.45) is 5.92 Å². The van der Waals surface area contributed by atoms with Gasteiger partial charge < -0.3 is 0 Å². The average molecular weight is 230 g/mol. The van der Waals surface area contributed by atoms with Gasteiger partial charge in [-0.25, -0.2) is 4.98 Å². The van der Waals surface area contributed by atoms with Crippen molar-refractivity contribution in [2.45, 2.75) is 33.1 Å². The highest BCUT2D eigenvalue weighted by molar-refractivity contribution is 5.96. The van der Waals surface area contributed by atoms with E-state index in [1.54, 1.807) is 6.20 Å². The zero-order valence-corrected chi connectivity index (χ0v) is 10.4. The summed E-state index contributed by atoms with van der Waals surface area (Å²) in [6, 6.07) is 5.77. The second-order valence-corrected chi connectivity index (χ2v) is 4.33. The standard InChI is InChI=1S/C14H18N2O/c1-3-7-11(4-2)14(17)12-10-15-13-8-5-6-9-16(12)13/h5-6,8-11H,3-4,7H2,1-2H3. The van der Waals surface area contributed by atoms with E-state index >= 15 is 0 Å². The molecule has 0 spiro atoms. The van der Waals surface area contributed by atoms with Crippen molar-refractivity contribution < 1.29 is 4.79 Å². The molecule has 0 aliphatic heterocycles. The molecule has 2 aromatic heterocycles. The first-order valence-corrected chi connectivity index (χ1v) is 6.24. The van der Waals surface area contributed by atoms with Crippen LogP contribution in [0.15, 0.2) is 30.6 Å². The second-order valence-electron chi connectivity index (χ2n) is 4.33. The summed E-state index contributed by atoms with van der Waals surface area (Å²) in [6.07, 6.45) is 6.48. The van der Waals surface area contributed by atoms with E-state index in [4.69, 9.17) is 0 Å². The van der Waals surface area contributed by atoms with Crippen LogP contribution in [0.4, 0.5) is 0 Å². The molecule has 17 heavy (non-hydrogen) atoms. The lowest BCUT2D eigenvalue weighted by Gasteiger charge is -2.11. The average Bonchev–Trinajstić information content (AvgIpc) is 2.79. The fourth-order valence-electron chi connectivity index (χ4n) is 2.19. The van der Waals surface area contributed by atoms with Gasteiger partial charge in [-0.1, -0.05) is 26.3 Å². The summed E-state index contributed by atoms with van der Waals surface area (Å²) in [5.74, 6) is 0.341. The fraction of sp³-hybridized carbons (Fsp3) is 0.429. The van der Waals surface area contributed by atoms with Crippen LogP contribution in [-0.2, 0) is 0 Å². The number of hydrogen-bond acceptors (Lipinski definition) is 2. The lowest BCUT2D eigenvalue weighted by Crippen LogP contribution is -2.15. The van der Waals surface area contributed by atoms with Gasteiger partial charge in [0.15, 0.2) is 5.78 Å². The third kappa shape index (κ3) is 2.23. The molecule has 0 radical (unpaired) electrons. The Morgan fingerprint density at radius 1 is 1.41 bits per heavy atom. The van der Waals surface area contributed by atoms with Crippen LogP contribution in [0.25, 0.3) is 5.65 Å². The van der Waals surface area contributed by atoms with Crippen molar-refractivity contribution in [3.05, 3.63) is 36.3 Å². The molecule has 90 valence electrons. The van der Waals surface area contributed by atoms with E-state index in [2.05, 4.69) is 18.8 Å². The van der Waals surface area contributed by atoms with Crippen LogP contribution in [0.2, 0.25) is 0 Å². The van der Waals surface area contributed by atoms with E-state index < -0.39 is 0 Å². The number of pyridine rings is 1. The smallest absolute Gasteiger partial charge is 0.184 e. The van der Waals surface area contributed by atoms with Crippen molar-refractivity contribution in [3.63, 3.8) is 0 Å². The van der Waals surface area contributed by atoms with Gasteiger partial charge in [-0.2, -0.15) is 0 Å². The molecule has 0 bridgehead atoms. The van der Waals surface area contributed by atoms with Gasteiger partial charge >= 0.3 is 0 Å². The summed E-state index contributed by atoms with van der Waals surface area (Å²) in [6.45, 7) is 4.19. The van der Waals surface area contributed by atoms with E-state index in [1.165, 1.54) is 0 Å². The van der Waals surface area contributed by atoms with Crippen molar-refractivity contribution in [2.75, 3.05) is 0 Å². The van der Waals surface area contributed by atoms with Gasteiger partial charge in [-0.05, 0) is 25.0 Å². The molecule has 1 atom stereocenters. The lowest BCUT2D eigenvalue weighted by molar-refractivity contribution is 0.0903. The Labute approximate surface area is 101 Å². The quantitative estimate of drug-likeness (QED) is 0.738. The first kappa shape index (κ1) is 11.8. The van der Waals surface area contributed by atoms with Gasteiger partial charge in [-0.3, -0.25) is 9.20 Å². The van der Waals surface area contributed by atoms with Crippen LogP contribution in [0, 0.1) is 5.92 Å². The van der Waals surface area contributed by atoms with Gasteiger partial charge in [-0.15, -0.1) is 0 Å². The molecule has 0 aliphatic carbocycles. The predicted molar refractivity (Wildman–Crippen MR) is 68.2 cm³/mol. The number of hydrogen-bond donors (Lipinski definition) is 0. The number of imidazole rings is 1. The molecular weight excluding hydrogens is 212 g/mol. The summed E-state index contributed by atoms with van der Waals surface area (Å²) in [4.78, 5) is 16.6. The molecular formula is C14H18N2O. The molecule has 0 amide bonds. The Hall–Kier alpha value is -1.64. The summed E-state index contributed by atoms with van der Waals surface area (Å²) >= 11 is 0. The van der Waals surface area contributed by atoms with Gasteiger partial charge in [0.05, 0.1) is 6.20 Å². The maximum absolute atomic E-state index is 12.4. The van der Waals surface area contributed by atoms with E-state index in [0.29, 0.717) is 5.69 Å². The highest BCUT2D eigenvalue weighted by atomic mass is 16.1. The normalized spacial score (nSPS) is 12.8. The molecule has 3 heteroatoms. The van der Waals surface area contributed by atoms with E-state index in [1.807, 2.05) is 28.8 Å². The topological polar surface area (TPSA) is 34.4 Å². The number of carbonyl (C=O) groups is 1. The Balaban J connectivity index is 2.36. The lowest BCUT2D eigenvalue weighted by atomic mass is 9.94. The van der Waals surface area contributed by atoms with Crippen molar-refractivity contribution in [3.8, 4) is 0 Å². The Kier molecular flexibility index (Phi) is 3.57. The van der Waals surface area contributed by atoms with E-state index in [9.17, 15) is 4.79 Å². The van der Waals surface area contributed by atoms with Crippen LogP contribution in [0.1, 0.15) is 43.6 Å². The van der Waals surface area contributed by atoms with Gasteiger partial charge in [0.25, 0.3) is 0 Å². The van der Waals surface area contributed by atoms with Gasteiger partial charge in [0.2, 0.25) is 0 Å². The minimum Gasteiger partial charge on any atom is -0.297 e. The fourth-order valence-corrected chi connectivity index (χ4v) is 2.19. The third-order valence-corrected chi connectivity index (χ3v) is 3.17. The van der Waals surface area contributed by atoms with Crippen molar-refractivity contribution >= 4 is 11.4 Å². The van der Waals surface area contributed by atoms with E-state index in [0.717, 1.165) is 24.9 Å². The minimum absolute atomic E-state index is 0.125. The monoisotopic (exact) mass is 230 g/mol. The first-order chi connectivity index (χ1) is 8.27. The van der Waals surface area contributed by atoms with Gasteiger partial charge in [0, 0.05) is 12.1 Å². The minimum atomic E-state index is 0.125. The molecule has 0 saturated carbocycles. The molecule has 0 aromatic carbocycles. The molecule has 3 nitrogen and oxygen atoms in total. The molecule has 1 unspecified atom stereocenters. The molecule has 0 saturated heterocycles. The number of aromatic nitrogens is 2. The number of nitrogens with zero attached hydrogens (tertiary/aromatic N) is 2. The summed E-state index contributed by atoms with van der Waals surface area (Å²) in [7, 11) is 0. The number of carbonyl (C=O) groups excluding carboxylic acids is 1. The zero-order valence-electron chi connectivity index (χ0n) is 10.4. The Morgan fingerprint density at radius 3 is 2.94 bits per heavy atom. The number of ketones is 1. The van der Waals surface area contributed by atoms with Gasteiger partial charge in [0.1, 0.15) is 11.3 Å². The number of fused-ring (bicyclic) bond motifs is 1. The van der Waals surface area contributed by atoms with Crippen molar-refractivity contribution in [1.29, 1.82) is 0 Å². The van der Waals surface area contributed by atoms with Crippen LogP contribution >= 0.6 is 0 Å². The van der Waals surface area contributed by atoms with Crippen LogP contribution in [0.5, 0.6) is 0 Å². The highest BCUT2D eigenvalue weighted by Gasteiger charge is 2.20. The number of Topliss-reactive ketones (excluding diaryl/α,β-unsaturated/α-hetero) is 1. The maximum atomic E-state index is 12.4. The predicted octanol–water partition coefficient (Wildman–Crippen LogP) is 3.34. The Bertz CT molecular complexity index is 516. The summed E-state index contributed by atoms with van der Waals surface area (Å²) in [5.41, 5.74) is 1.54. The van der Waals surface area contributed by atoms with Crippen LogP contribution in [0.3, 0.4) is 0 Å². The molecule has 2 rings (SSSR count). The maximum Gasteiger partial charge on any atom is 0.184 e. The third-order valence-electron chi connectivity index (χ3n) is 3.17. The van der Waals surface area contributed by atoms with Crippen LogP contribution < -0.4 is 0 Å². The van der Waals surface area contributed by atoms with Crippen molar-refractivity contribution in [1.82, 2.24) is 9.38 Å². The van der Waals surface area contributed by atoms with E-state index in [-0.39, 0.29) is 11.7 Å². The molecule has 0 N–H and O–H groups in total. The first-order valence-electron chi connectivity index (χ1n) is 6.24. The molecule has 2 aromatic rings. The summed E-state index contributed by atoms with van der Waals surface area (Å²) in [5, 5.41) is 0. The molecule has 2 heterocycles. The molecule has 0 aliphatic rings. The summed E-state index contributed by atoms with van der Waals surface area (Å²) < 4.78 is 1.88. The second kappa shape index (κ2) is 5.13. The Morgan fingerprint density at radius 2 is 2.24 bits per heavy atom. The highest BCUT2D eigenvalue weighted by Crippen LogP contribution is 2.18. The number of rotatable bonds is 5. The zero-order chi connectivity index (χ0) is 12.3. The van der Waals surface area contributed by atoms with Crippen LogP contribution in [-0.4, -0.2) is 15.2 Å².